The smallest absolute Gasteiger partial charge is 0.0720 e. The summed E-state index contributed by atoms with van der Waals surface area (Å²) in [6, 6.07) is 16.4. The van der Waals surface area contributed by atoms with E-state index in [-0.39, 0.29) is 6.10 Å². The van der Waals surface area contributed by atoms with Crippen LogP contribution in [0.4, 0.5) is 0 Å². The highest BCUT2D eigenvalue weighted by atomic mass is 16.5. The predicted octanol–water partition coefficient (Wildman–Crippen LogP) is 5.10. The van der Waals surface area contributed by atoms with Crippen molar-refractivity contribution in [2.24, 2.45) is 0 Å². The Morgan fingerprint density at radius 2 is 1.76 bits per heavy atom. The molecule has 1 atom stereocenters. The molecule has 0 fully saturated rings. The summed E-state index contributed by atoms with van der Waals surface area (Å²) in [5.74, 6) is 6.43. The quantitative estimate of drug-likeness (QED) is 0.494. The van der Waals surface area contributed by atoms with E-state index in [9.17, 15) is 0 Å². The molecule has 0 bridgehead atoms. The standard InChI is InChI=1S/C23H26O2/c1-4-5-7-19(2)25-18-23-9-6-8-21(16-23)13-10-20-11-14-22(15-12-20)17-24-3/h4,6,8-9,11-12,14-16,19H,1,5,7,17-18H2,2-3H3. The van der Waals surface area contributed by atoms with Crippen molar-refractivity contribution in [1.82, 2.24) is 0 Å². The summed E-state index contributed by atoms with van der Waals surface area (Å²) in [6.07, 6.45) is 4.15. The van der Waals surface area contributed by atoms with Gasteiger partial charge < -0.3 is 9.47 Å². The highest BCUT2D eigenvalue weighted by Crippen LogP contribution is 2.10. The molecule has 130 valence electrons. The van der Waals surface area contributed by atoms with Crippen molar-refractivity contribution in [2.75, 3.05) is 7.11 Å². The van der Waals surface area contributed by atoms with Crippen LogP contribution in [0.1, 0.15) is 42.0 Å². The van der Waals surface area contributed by atoms with Crippen LogP contribution in [0.3, 0.4) is 0 Å². The van der Waals surface area contributed by atoms with Gasteiger partial charge in [0.25, 0.3) is 0 Å². The zero-order valence-electron chi connectivity index (χ0n) is 15.1. The Balaban J connectivity index is 1.96. The van der Waals surface area contributed by atoms with E-state index >= 15 is 0 Å². The first kappa shape index (κ1) is 19.0. The summed E-state index contributed by atoms with van der Waals surface area (Å²) < 4.78 is 11.0. The van der Waals surface area contributed by atoms with Gasteiger partial charge in [0.15, 0.2) is 0 Å². The topological polar surface area (TPSA) is 18.5 Å². The molecule has 1 unspecified atom stereocenters. The maximum Gasteiger partial charge on any atom is 0.0720 e. The van der Waals surface area contributed by atoms with Crippen LogP contribution in [0.2, 0.25) is 0 Å². The zero-order chi connectivity index (χ0) is 17.9. The number of rotatable bonds is 8. The molecule has 2 aromatic rings. The lowest BCUT2D eigenvalue weighted by molar-refractivity contribution is 0.0483. The van der Waals surface area contributed by atoms with E-state index in [1.807, 2.05) is 42.5 Å². The average Bonchev–Trinajstić information content (AvgIpc) is 2.65. The van der Waals surface area contributed by atoms with E-state index < -0.39 is 0 Å². The summed E-state index contributed by atoms with van der Waals surface area (Å²) in [5, 5.41) is 0. The maximum absolute atomic E-state index is 5.88. The minimum absolute atomic E-state index is 0.235. The fourth-order valence-corrected chi connectivity index (χ4v) is 2.41. The first-order chi connectivity index (χ1) is 12.2. The maximum atomic E-state index is 5.88. The molecule has 0 saturated heterocycles. The van der Waals surface area contributed by atoms with Crippen molar-refractivity contribution in [1.29, 1.82) is 0 Å². The zero-order valence-corrected chi connectivity index (χ0v) is 15.1. The van der Waals surface area contributed by atoms with Crippen molar-refractivity contribution in [3.63, 3.8) is 0 Å². The van der Waals surface area contributed by atoms with Crippen LogP contribution in [0.5, 0.6) is 0 Å². The summed E-state index contributed by atoms with van der Waals surface area (Å²) in [6.45, 7) is 7.08. The molecule has 0 saturated carbocycles. The first-order valence-electron chi connectivity index (χ1n) is 8.62. The second-order valence-electron chi connectivity index (χ2n) is 6.07. The number of ether oxygens (including phenoxy) is 2. The minimum atomic E-state index is 0.235. The van der Waals surface area contributed by atoms with Crippen molar-refractivity contribution in [2.45, 2.75) is 39.1 Å². The predicted molar refractivity (Wildman–Crippen MR) is 103 cm³/mol. The molecule has 0 aliphatic rings. The molecule has 0 heterocycles. The highest BCUT2D eigenvalue weighted by Gasteiger charge is 2.02. The number of benzene rings is 2. The van der Waals surface area contributed by atoms with Gasteiger partial charge in [0.1, 0.15) is 0 Å². The Bertz CT molecular complexity index is 720. The molecule has 0 N–H and O–H groups in total. The van der Waals surface area contributed by atoms with Gasteiger partial charge >= 0.3 is 0 Å². The van der Waals surface area contributed by atoms with Crippen LogP contribution in [-0.4, -0.2) is 13.2 Å². The SMILES string of the molecule is C=CCCC(C)OCc1cccc(C#Cc2ccc(COC)cc2)c1. The molecule has 0 aromatic heterocycles. The number of hydrogen-bond donors (Lipinski definition) is 0. The monoisotopic (exact) mass is 334 g/mol. The molecular weight excluding hydrogens is 308 g/mol. The molecule has 0 aliphatic heterocycles. The minimum Gasteiger partial charge on any atom is -0.380 e. The second kappa shape index (κ2) is 10.5. The third-order valence-electron chi connectivity index (χ3n) is 3.85. The normalized spacial score (nSPS) is 11.4. The largest absolute Gasteiger partial charge is 0.380 e. The van der Waals surface area contributed by atoms with Crippen molar-refractivity contribution in [3.8, 4) is 11.8 Å². The van der Waals surface area contributed by atoms with Gasteiger partial charge in [-0.05, 0) is 55.2 Å². The Morgan fingerprint density at radius 1 is 1.00 bits per heavy atom. The van der Waals surface area contributed by atoms with E-state index in [0.717, 1.165) is 35.1 Å². The van der Waals surface area contributed by atoms with Gasteiger partial charge in [-0.3, -0.25) is 0 Å². The number of hydrogen-bond acceptors (Lipinski definition) is 2. The van der Waals surface area contributed by atoms with E-state index in [1.165, 1.54) is 0 Å². The van der Waals surface area contributed by atoms with Crippen LogP contribution < -0.4 is 0 Å². The van der Waals surface area contributed by atoms with Crippen molar-refractivity contribution >= 4 is 0 Å². The Morgan fingerprint density at radius 3 is 2.48 bits per heavy atom. The van der Waals surface area contributed by atoms with Gasteiger partial charge in [-0.15, -0.1) is 6.58 Å². The average molecular weight is 334 g/mol. The van der Waals surface area contributed by atoms with Crippen LogP contribution in [-0.2, 0) is 22.7 Å². The molecule has 2 nitrogen and oxygen atoms in total. The lowest BCUT2D eigenvalue weighted by Gasteiger charge is -2.12. The summed E-state index contributed by atoms with van der Waals surface area (Å²) in [4.78, 5) is 0. The Kier molecular flexibility index (Phi) is 7.98. The van der Waals surface area contributed by atoms with Crippen LogP contribution in [0.25, 0.3) is 0 Å². The van der Waals surface area contributed by atoms with Crippen LogP contribution >= 0.6 is 0 Å². The third kappa shape index (κ3) is 6.97. The molecule has 0 aliphatic carbocycles. The lowest BCUT2D eigenvalue weighted by Crippen LogP contribution is -2.07. The molecule has 25 heavy (non-hydrogen) atoms. The van der Waals surface area contributed by atoms with E-state index in [4.69, 9.17) is 9.47 Å². The second-order valence-corrected chi connectivity index (χ2v) is 6.07. The summed E-state index contributed by atoms with van der Waals surface area (Å²) in [5.41, 5.74) is 4.30. The first-order valence-corrected chi connectivity index (χ1v) is 8.62. The van der Waals surface area contributed by atoms with E-state index in [2.05, 4.69) is 37.5 Å². The van der Waals surface area contributed by atoms with Gasteiger partial charge in [-0.25, -0.2) is 0 Å². The fourth-order valence-electron chi connectivity index (χ4n) is 2.41. The molecule has 0 amide bonds. The van der Waals surface area contributed by atoms with E-state index in [1.54, 1.807) is 7.11 Å². The molecular formula is C23H26O2. The third-order valence-corrected chi connectivity index (χ3v) is 3.85. The van der Waals surface area contributed by atoms with Gasteiger partial charge in [-0.1, -0.05) is 42.2 Å². The molecule has 2 aromatic carbocycles. The Labute approximate surface area is 151 Å². The van der Waals surface area contributed by atoms with E-state index in [0.29, 0.717) is 13.2 Å². The molecule has 2 heteroatoms. The molecule has 0 radical (unpaired) electrons. The van der Waals surface area contributed by atoms with Gasteiger partial charge in [-0.2, -0.15) is 0 Å². The van der Waals surface area contributed by atoms with Crippen LogP contribution in [0.15, 0.2) is 61.2 Å². The lowest BCUT2D eigenvalue weighted by atomic mass is 10.1. The van der Waals surface area contributed by atoms with Gasteiger partial charge in [0, 0.05) is 18.2 Å². The van der Waals surface area contributed by atoms with Gasteiger partial charge in [0.2, 0.25) is 0 Å². The number of methoxy groups -OCH3 is 1. The highest BCUT2D eigenvalue weighted by molar-refractivity contribution is 5.44. The fraction of sp³-hybridized carbons (Fsp3) is 0.304. The van der Waals surface area contributed by atoms with Crippen molar-refractivity contribution in [3.05, 3.63) is 83.4 Å². The molecule has 2 rings (SSSR count). The summed E-state index contributed by atoms with van der Waals surface area (Å²) in [7, 11) is 1.70. The van der Waals surface area contributed by atoms with Crippen LogP contribution in [0, 0.1) is 11.8 Å². The number of allylic oxidation sites excluding steroid dienone is 1. The molecule has 0 spiro atoms. The Hall–Kier alpha value is -2.34. The van der Waals surface area contributed by atoms with Gasteiger partial charge in [0.05, 0.1) is 19.3 Å². The summed E-state index contributed by atoms with van der Waals surface area (Å²) >= 11 is 0. The van der Waals surface area contributed by atoms with Crippen molar-refractivity contribution < 1.29 is 9.47 Å².